The molecule has 1 aliphatic carbocycles. The lowest BCUT2D eigenvalue weighted by molar-refractivity contribution is 0.0948. The summed E-state index contributed by atoms with van der Waals surface area (Å²) in [7, 11) is 0. The fourth-order valence-corrected chi connectivity index (χ4v) is 2.44. The number of amides is 1. The number of anilines is 1. The number of aromatic nitrogens is 1. The highest BCUT2D eigenvalue weighted by molar-refractivity contribution is 5.95. The van der Waals surface area contributed by atoms with E-state index in [0.29, 0.717) is 17.5 Å². The van der Waals surface area contributed by atoms with Crippen molar-refractivity contribution in [2.45, 2.75) is 58.9 Å². The Morgan fingerprint density at radius 3 is 2.57 bits per heavy atom. The van der Waals surface area contributed by atoms with E-state index in [9.17, 15) is 4.79 Å². The summed E-state index contributed by atoms with van der Waals surface area (Å²) in [6.07, 6.45) is 2.25. The normalized spacial score (nSPS) is 21.0. The molecule has 1 aromatic rings. The van der Waals surface area contributed by atoms with Crippen LogP contribution in [0.25, 0.3) is 0 Å². The minimum absolute atomic E-state index is 0.0167. The molecule has 1 aliphatic rings. The summed E-state index contributed by atoms with van der Waals surface area (Å²) >= 11 is 0. The van der Waals surface area contributed by atoms with Gasteiger partial charge >= 0.3 is 0 Å². The van der Waals surface area contributed by atoms with Crippen molar-refractivity contribution in [3.8, 4) is 0 Å². The van der Waals surface area contributed by atoms with Gasteiger partial charge in [-0.3, -0.25) is 4.79 Å². The van der Waals surface area contributed by atoms with Crippen LogP contribution >= 0.6 is 0 Å². The van der Waals surface area contributed by atoms with E-state index >= 15 is 0 Å². The molecule has 116 valence electrons. The monoisotopic (exact) mass is 289 g/mol. The van der Waals surface area contributed by atoms with Crippen molar-refractivity contribution in [2.24, 2.45) is 5.92 Å². The molecule has 2 N–H and O–H groups in total. The first-order valence-electron chi connectivity index (χ1n) is 7.92. The minimum atomic E-state index is -0.0774. The summed E-state index contributed by atoms with van der Waals surface area (Å²) < 4.78 is 0. The van der Waals surface area contributed by atoms with Crippen LogP contribution in [0.15, 0.2) is 12.1 Å². The van der Waals surface area contributed by atoms with E-state index in [2.05, 4.69) is 43.3 Å². The summed E-state index contributed by atoms with van der Waals surface area (Å²) in [4.78, 5) is 17.0. The average molecular weight is 289 g/mol. The van der Waals surface area contributed by atoms with Crippen molar-refractivity contribution >= 4 is 11.7 Å². The van der Waals surface area contributed by atoms with E-state index in [0.717, 1.165) is 30.9 Å². The molecule has 0 aliphatic heterocycles. The smallest absolute Gasteiger partial charge is 0.251 e. The van der Waals surface area contributed by atoms with Gasteiger partial charge in [0.2, 0.25) is 0 Å². The highest BCUT2D eigenvalue weighted by Gasteiger charge is 2.36. The van der Waals surface area contributed by atoms with E-state index in [1.807, 2.05) is 19.1 Å². The molecule has 1 saturated carbocycles. The number of carbonyl (C=O) groups excluding carboxylic acids is 1. The van der Waals surface area contributed by atoms with E-state index in [1.54, 1.807) is 0 Å². The lowest BCUT2D eigenvalue weighted by Crippen LogP contribution is -2.28. The van der Waals surface area contributed by atoms with E-state index in [1.165, 1.54) is 0 Å². The van der Waals surface area contributed by atoms with Gasteiger partial charge in [0, 0.05) is 29.3 Å². The molecule has 21 heavy (non-hydrogen) atoms. The van der Waals surface area contributed by atoms with Gasteiger partial charge in [0.25, 0.3) is 5.91 Å². The first-order valence-corrected chi connectivity index (χ1v) is 7.92. The highest BCUT2D eigenvalue weighted by atomic mass is 16.1. The van der Waals surface area contributed by atoms with Gasteiger partial charge in [-0.2, -0.15) is 0 Å². The molecule has 1 heterocycles. The lowest BCUT2D eigenvalue weighted by Gasteiger charge is -2.20. The standard InChI is InChI=1S/C17H27N3O/c1-6-11-8-13(11)19-16(21)12-9-14(17(3,4)5)20-15(10-12)18-7-2/h9-11,13H,6-8H2,1-5H3,(H,18,20)(H,19,21). The Bertz CT molecular complexity index is 519. The molecule has 1 amide bonds. The number of nitrogens with one attached hydrogen (secondary N) is 2. The second kappa shape index (κ2) is 6.04. The zero-order chi connectivity index (χ0) is 15.6. The van der Waals surface area contributed by atoms with Gasteiger partial charge in [-0.1, -0.05) is 34.1 Å². The molecule has 4 heteroatoms. The molecule has 0 radical (unpaired) electrons. The number of pyridine rings is 1. The largest absolute Gasteiger partial charge is 0.370 e. The predicted molar refractivity (Wildman–Crippen MR) is 86.8 cm³/mol. The average Bonchev–Trinajstić information content (AvgIpc) is 3.16. The minimum Gasteiger partial charge on any atom is -0.370 e. The Kier molecular flexibility index (Phi) is 4.55. The van der Waals surface area contributed by atoms with Crippen molar-refractivity contribution in [3.05, 3.63) is 23.4 Å². The Morgan fingerprint density at radius 2 is 2.05 bits per heavy atom. The van der Waals surface area contributed by atoms with Gasteiger partial charge in [0.1, 0.15) is 5.82 Å². The fourth-order valence-electron chi connectivity index (χ4n) is 2.44. The van der Waals surface area contributed by atoms with E-state index < -0.39 is 0 Å². The first-order chi connectivity index (χ1) is 9.85. The van der Waals surface area contributed by atoms with Crippen molar-refractivity contribution in [2.75, 3.05) is 11.9 Å². The van der Waals surface area contributed by atoms with Crippen LogP contribution in [0.4, 0.5) is 5.82 Å². The number of carbonyl (C=O) groups is 1. The number of nitrogens with zero attached hydrogens (tertiary/aromatic N) is 1. The molecule has 0 saturated heterocycles. The zero-order valence-electron chi connectivity index (χ0n) is 13.8. The van der Waals surface area contributed by atoms with Gasteiger partial charge in [0.15, 0.2) is 0 Å². The Morgan fingerprint density at radius 1 is 1.33 bits per heavy atom. The van der Waals surface area contributed by atoms with Crippen LogP contribution in [0.2, 0.25) is 0 Å². The lowest BCUT2D eigenvalue weighted by atomic mass is 9.90. The third-order valence-electron chi connectivity index (χ3n) is 3.98. The summed E-state index contributed by atoms with van der Waals surface area (Å²) in [6.45, 7) is 11.3. The second-order valence-electron chi connectivity index (χ2n) is 6.89. The maximum atomic E-state index is 12.4. The summed E-state index contributed by atoms with van der Waals surface area (Å²) in [5, 5.41) is 6.34. The molecule has 4 nitrogen and oxygen atoms in total. The van der Waals surface area contributed by atoms with Gasteiger partial charge in [-0.25, -0.2) is 4.98 Å². The maximum Gasteiger partial charge on any atom is 0.251 e. The van der Waals surface area contributed by atoms with Gasteiger partial charge in [0.05, 0.1) is 0 Å². The van der Waals surface area contributed by atoms with Crippen LogP contribution in [0.5, 0.6) is 0 Å². The molecular formula is C17H27N3O. The first kappa shape index (κ1) is 15.8. The molecule has 1 fully saturated rings. The second-order valence-corrected chi connectivity index (χ2v) is 6.89. The topological polar surface area (TPSA) is 54.0 Å². The van der Waals surface area contributed by atoms with Crippen molar-refractivity contribution in [1.82, 2.24) is 10.3 Å². The molecule has 2 atom stereocenters. The summed E-state index contributed by atoms with van der Waals surface area (Å²) in [5.41, 5.74) is 1.56. The van der Waals surface area contributed by atoms with Crippen LogP contribution < -0.4 is 10.6 Å². The van der Waals surface area contributed by atoms with Crippen molar-refractivity contribution in [3.63, 3.8) is 0 Å². The van der Waals surface area contributed by atoms with Crippen LogP contribution in [-0.2, 0) is 5.41 Å². The fraction of sp³-hybridized carbons (Fsp3) is 0.647. The van der Waals surface area contributed by atoms with Crippen LogP contribution in [-0.4, -0.2) is 23.5 Å². The molecule has 2 unspecified atom stereocenters. The summed E-state index contributed by atoms with van der Waals surface area (Å²) in [5.74, 6) is 1.45. The van der Waals surface area contributed by atoms with Gasteiger partial charge < -0.3 is 10.6 Å². The molecular weight excluding hydrogens is 262 g/mol. The van der Waals surface area contributed by atoms with Crippen LogP contribution in [0, 0.1) is 5.92 Å². The highest BCUT2D eigenvalue weighted by Crippen LogP contribution is 2.33. The van der Waals surface area contributed by atoms with E-state index in [-0.39, 0.29) is 11.3 Å². The van der Waals surface area contributed by atoms with Gasteiger partial charge in [-0.15, -0.1) is 0 Å². The molecule has 0 aromatic carbocycles. The Balaban J connectivity index is 2.21. The zero-order valence-corrected chi connectivity index (χ0v) is 13.8. The number of hydrogen-bond donors (Lipinski definition) is 2. The van der Waals surface area contributed by atoms with Crippen LogP contribution in [0.3, 0.4) is 0 Å². The Labute approximate surface area is 127 Å². The maximum absolute atomic E-state index is 12.4. The third kappa shape index (κ3) is 3.96. The summed E-state index contributed by atoms with van der Waals surface area (Å²) in [6, 6.07) is 4.12. The molecule has 2 rings (SSSR count). The van der Waals surface area contributed by atoms with Gasteiger partial charge in [-0.05, 0) is 31.4 Å². The van der Waals surface area contributed by atoms with Crippen LogP contribution in [0.1, 0.15) is 63.5 Å². The third-order valence-corrected chi connectivity index (χ3v) is 3.98. The molecule has 1 aromatic heterocycles. The van der Waals surface area contributed by atoms with Crippen molar-refractivity contribution < 1.29 is 4.79 Å². The quantitative estimate of drug-likeness (QED) is 0.874. The number of rotatable bonds is 5. The molecule has 0 spiro atoms. The Hall–Kier alpha value is -1.58. The predicted octanol–water partition coefficient (Wildman–Crippen LogP) is 3.34. The van der Waals surface area contributed by atoms with E-state index in [4.69, 9.17) is 0 Å². The molecule has 0 bridgehead atoms. The van der Waals surface area contributed by atoms with Crippen molar-refractivity contribution in [1.29, 1.82) is 0 Å². The number of hydrogen-bond acceptors (Lipinski definition) is 3. The SMILES string of the molecule is CCNc1cc(C(=O)NC2CC2CC)cc(C(C)(C)C)n1.